The van der Waals surface area contributed by atoms with Crippen LogP contribution in [-0.4, -0.2) is 54.9 Å². The summed E-state index contributed by atoms with van der Waals surface area (Å²) in [5, 5.41) is 15.0. The van der Waals surface area contributed by atoms with E-state index in [9.17, 15) is 14.7 Å². The minimum absolute atomic E-state index is 0.117. The lowest BCUT2D eigenvalue weighted by atomic mass is 9.97. The predicted octanol–water partition coefficient (Wildman–Crippen LogP) is -2.28. The first-order valence-corrected chi connectivity index (χ1v) is 5.55. The molecule has 1 saturated heterocycles. The Morgan fingerprint density at radius 1 is 1.47 bits per heavy atom. The second-order valence-corrected chi connectivity index (χ2v) is 4.12. The molecular weight excluding hydrogens is 226 g/mol. The van der Waals surface area contributed by atoms with Gasteiger partial charge in [-0.15, -0.1) is 0 Å². The van der Waals surface area contributed by atoms with Crippen molar-refractivity contribution in [1.82, 2.24) is 10.6 Å². The number of nitrogens with two attached hydrogens (primary N) is 1. The van der Waals surface area contributed by atoms with Crippen molar-refractivity contribution in [3.8, 4) is 0 Å². The van der Waals surface area contributed by atoms with E-state index in [4.69, 9.17) is 10.5 Å². The number of nitrogens with one attached hydrogen (secondary N) is 2. The minimum Gasteiger partial charge on any atom is -0.385 e. The van der Waals surface area contributed by atoms with E-state index in [1.165, 1.54) is 0 Å². The molecule has 0 aromatic carbocycles. The molecule has 1 rings (SSSR count). The molecule has 17 heavy (non-hydrogen) atoms. The van der Waals surface area contributed by atoms with Crippen LogP contribution in [0.3, 0.4) is 0 Å². The van der Waals surface area contributed by atoms with Gasteiger partial charge in [-0.2, -0.15) is 0 Å². The molecule has 2 unspecified atom stereocenters. The number of hydrogen-bond donors (Lipinski definition) is 4. The molecule has 2 amide bonds. The van der Waals surface area contributed by atoms with Crippen LogP contribution in [0.5, 0.6) is 0 Å². The second-order valence-electron chi connectivity index (χ2n) is 4.12. The summed E-state index contributed by atoms with van der Waals surface area (Å²) in [4.78, 5) is 22.2. The number of carbonyl (C=O) groups is 2. The Hall–Kier alpha value is -1.18. The molecule has 1 fully saturated rings. The Balaban J connectivity index is 2.26. The van der Waals surface area contributed by atoms with Crippen LogP contribution in [0.2, 0.25) is 0 Å². The van der Waals surface area contributed by atoms with E-state index in [1.54, 1.807) is 6.92 Å². The van der Waals surface area contributed by atoms with Gasteiger partial charge in [-0.1, -0.05) is 0 Å². The Morgan fingerprint density at radius 2 is 2.18 bits per heavy atom. The van der Waals surface area contributed by atoms with Crippen molar-refractivity contribution in [3.05, 3.63) is 0 Å². The highest BCUT2D eigenvalue weighted by Gasteiger charge is 2.39. The number of ether oxygens (including phenoxy) is 1. The van der Waals surface area contributed by atoms with Crippen molar-refractivity contribution in [2.45, 2.75) is 25.0 Å². The van der Waals surface area contributed by atoms with Crippen molar-refractivity contribution in [1.29, 1.82) is 0 Å². The number of rotatable bonds is 5. The van der Waals surface area contributed by atoms with Gasteiger partial charge in [-0.05, 0) is 6.92 Å². The van der Waals surface area contributed by atoms with E-state index in [0.29, 0.717) is 13.0 Å². The maximum absolute atomic E-state index is 11.4. The maximum atomic E-state index is 11.4. The van der Waals surface area contributed by atoms with Crippen molar-refractivity contribution in [2.75, 3.05) is 26.2 Å². The maximum Gasteiger partial charge on any atom is 0.239 e. The SMILES string of the molecule is CC1OCCC1(O)CNC(=O)CNC(=O)CN. The molecule has 98 valence electrons. The van der Waals surface area contributed by atoms with Crippen molar-refractivity contribution in [2.24, 2.45) is 5.73 Å². The number of amides is 2. The fourth-order valence-electron chi connectivity index (χ4n) is 1.57. The van der Waals surface area contributed by atoms with E-state index >= 15 is 0 Å². The molecular formula is C10H19N3O4. The first-order chi connectivity index (χ1) is 7.98. The molecule has 0 spiro atoms. The molecule has 1 heterocycles. The fourth-order valence-corrected chi connectivity index (χ4v) is 1.57. The topological polar surface area (TPSA) is 114 Å². The molecule has 0 bridgehead atoms. The Labute approximate surface area is 99.7 Å². The summed E-state index contributed by atoms with van der Waals surface area (Å²) in [7, 11) is 0. The Bertz CT molecular complexity index is 297. The Morgan fingerprint density at radius 3 is 2.71 bits per heavy atom. The van der Waals surface area contributed by atoms with E-state index in [0.717, 1.165) is 0 Å². The average Bonchev–Trinajstić information content (AvgIpc) is 2.64. The summed E-state index contributed by atoms with van der Waals surface area (Å²) in [5.41, 5.74) is 4.05. The summed E-state index contributed by atoms with van der Waals surface area (Å²) in [5.74, 6) is -0.754. The van der Waals surface area contributed by atoms with Gasteiger partial charge in [-0.3, -0.25) is 9.59 Å². The van der Waals surface area contributed by atoms with Gasteiger partial charge in [0.05, 0.1) is 19.2 Å². The van der Waals surface area contributed by atoms with Crippen LogP contribution in [-0.2, 0) is 14.3 Å². The molecule has 5 N–H and O–H groups in total. The monoisotopic (exact) mass is 245 g/mol. The van der Waals surface area contributed by atoms with Gasteiger partial charge in [0.2, 0.25) is 11.8 Å². The van der Waals surface area contributed by atoms with Crippen LogP contribution in [0, 0.1) is 0 Å². The quantitative estimate of drug-likeness (QED) is 0.435. The number of aliphatic hydroxyl groups is 1. The molecule has 0 aliphatic carbocycles. The normalized spacial score (nSPS) is 27.8. The highest BCUT2D eigenvalue weighted by molar-refractivity contribution is 5.85. The average molecular weight is 245 g/mol. The standard InChI is InChI=1S/C10H19N3O4/c1-7-10(16,2-3-17-7)6-13-9(15)5-12-8(14)4-11/h7,16H,2-6,11H2,1H3,(H,12,14)(H,13,15). The Kier molecular flexibility index (Phi) is 4.86. The smallest absolute Gasteiger partial charge is 0.239 e. The summed E-state index contributed by atoms with van der Waals surface area (Å²) in [6.07, 6.45) is 0.185. The van der Waals surface area contributed by atoms with Crippen molar-refractivity contribution >= 4 is 11.8 Å². The van der Waals surface area contributed by atoms with E-state index in [2.05, 4.69) is 10.6 Å². The van der Waals surface area contributed by atoms with Gasteiger partial charge in [0.1, 0.15) is 5.60 Å². The minimum atomic E-state index is -1.02. The summed E-state index contributed by atoms with van der Waals surface area (Å²) >= 11 is 0. The van der Waals surface area contributed by atoms with Crippen LogP contribution in [0.4, 0.5) is 0 Å². The number of carbonyl (C=O) groups excluding carboxylic acids is 2. The third-order valence-corrected chi connectivity index (χ3v) is 2.88. The van der Waals surface area contributed by atoms with Crippen LogP contribution in [0.25, 0.3) is 0 Å². The van der Waals surface area contributed by atoms with Gasteiger partial charge in [0.25, 0.3) is 0 Å². The zero-order valence-corrected chi connectivity index (χ0v) is 9.86. The summed E-state index contributed by atoms with van der Waals surface area (Å²) < 4.78 is 5.23. The first-order valence-electron chi connectivity index (χ1n) is 5.55. The third kappa shape index (κ3) is 3.95. The third-order valence-electron chi connectivity index (χ3n) is 2.88. The van der Waals surface area contributed by atoms with Gasteiger partial charge in [0.15, 0.2) is 0 Å². The van der Waals surface area contributed by atoms with Gasteiger partial charge in [0, 0.05) is 19.6 Å². The second kappa shape index (κ2) is 5.95. The van der Waals surface area contributed by atoms with Crippen LogP contribution >= 0.6 is 0 Å². The molecule has 0 aromatic rings. The molecule has 0 aromatic heterocycles. The summed E-state index contributed by atoms with van der Waals surface area (Å²) in [6, 6.07) is 0. The van der Waals surface area contributed by atoms with Crippen LogP contribution in [0.1, 0.15) is 13.3 Å². The van der Waals surface area contributed by atoms with E-state index in [-0.39, 0.29) is 31.6 Å². The lowest BCUT2D eigenvalue weighted by Crippen LogP contribution is -2.49. The lowest BCUT2D eigenvalue weighted by molar-refractivity contribution is -0.126. The van der Waals surface area contributed by atoms with Gasteiger partial charge >= 0.3 is 0 Å². The van der Waals surface area contributed by atoms with E-state index < -0.39 is 11.5 Å². The molecule has 7 heteroatoms. The first kappa shape index (κ1) is 13.9. The lowest BCUT2D eigenvalue weighted by Gasteiger charge is -2.26. The highest BCUT2D eigenvalue weighted by Crippen LogP contribution is 2.24. The molecule has 2 atom stereocenters. The van der Waals surface area contributed by atoms with Crippen molar-refractivity contribution < 1.29 is 19.4 Å². The predicted molar refractivity (Wildman–Crippen MR) is 60.1 cm³/mol. The molecule has 7 nitrogen and oxygen atoms in total. The fraction of sp³-hybridized carbons (Fsp3) is 0.800. The van der Waals surface area contributed by atoms with Gasteiger partial charge < -0.3 is 26.2 Å². The zero-order chi connectivity index (χ0) is 12.9. The zero-order valence-electron chi connectivity index (χ0n) is 9.86. The molecule has 0 saturated carbocycles. The highest BCUT2D eigenvalue weighted by atomic mass is 16.5. The molecule has 1 aliphatic rings. The van der Waals surface area contributed by atoms with Gasteiger partial charge in [-0.25, -0.2) is 0 Å². The van der Waals surface area contributed by atoms with Crippen LogP contribution < -0.4 is 16.4 Å². The van der Waals surface area contributed by atoms with E-state index in [1.807, 2.05) is 0 Å². The summed E-state index contributed by atoms with van der Waals surface area (Å²) in [6.45, 7) is 2.07. The molecule has 0 radical (unpaired) electrons. The number of hydrogen-bond acceptors (Lipinski definition) is 5. The van der Waals surface area contributed by atoms with Crippen molar-refractivity contribution in [3.63, 3.8) is 0 Å². The molecule has 1 aliphatic heterocycles. The largest absolute Gasteiger partial charge is 0.385 e. The van der Waals surface area contributed by atoms with Crippen LogP contribution in [0.15, 0.2) is 0 Å².